The molecule has 0 fully saturated rings. The predicted molar refractivity (Wildman–Crippen MR) is 95.5 cm³/mol. The summed E-state index contributed by atoms with van der Waals surface area (Å²) < 4.78 is 10.8. The smallest absolute Gasteiger partial charge is 0.342 e. The monoisotopic (exact) mass is 341 g/mol. The fraction of sp³-hybridized carbons (Fsp3) is 0.300. The Kier molecular flexibility index (Phi) is 7.01. The molecule has 0 atom stereocenters. The lowest BCUT2D eigenvalue weighted by Gasteiger charge is -2.11. The van der Waals surface area contributed by atoms with Crippen LogP contribution < -0.4 is 10.1 Å². The van der Waals surface area contributed by atoms with Gasteiger partial charge in [0.2, 0.25) is 0 Å². The van der Waals surface area contributed by atoms with Gasteiger partial charge >= 0.3 is 5.97 Å². The Labute approximate surface area is 148 Å². The molecule has 5 heteroatoms. The Morgan fingerprint density at radius 3 is 2.64 bits per heavy atom. The summed E-state index contributed by atoms with van der Waals surface area (Å²) in [6, 6.07) is 14.8. The van der Waals surface area contributed by atoms with Crippen LogP contribution in [-0.4, -0.2) is 25.0 Å². The van der Waals surface area contributed by atoms with Gasteiger partial charge in [0.1, 0.15) is 17.9 Å². The minimum atomic E-state index is -0.577. The average Bonchev–Trinajstić information content (AvgIpc) is 2.63. The zero-order chi connectivity index (χ0) is 18.1. The fourth-order valence-corrected chi connectivity index (χ4v) is 2.25. The molecule has 0 aliphatic heterocycles. The van der Waals surface area contributed by atoms with Crippen molar-refractivity contribution in [3.05, 3.63) is 65.2 Å². The standard InChI is InChI=1S/C20H23NO4/c1-3-11-21-19(22)14-25-20(23)17-9-4-5-10-18(17)24-13-16-8-6-7-15(2)12-16/h4-10,12H,3,11,13-14H2,1-2H3,(H,21,22). The first-order chi connectivity index (χ1) is 12.1. The van der Waals surface area contributed by atoms with Gasteiger partial charge in [0.05, 0.1) is 0 Å². The Hall–Kier alpha value is -2.82. The number of para-hydroxylation sites is 1. The molecule has 0 aromatic heterocycles. The quantitative estimate of drug-likeness (QED) is 0.749. The molecule has 0 radical (unpaired) electrons. The fourth-order valence-electron chi connectivity index (χ4n) is 2.25. The third-order valence-electron chi connectivity index (χ3n) is 3.49. The van der Waals surface area contributed by atoms with Gasteiger partial charge in [-0.05, 0) is 31.0 Å². The van der Waals surface area contributed by atoms with Crippen LogP contribution in [0.3, 0.4) is 0 Å². The molecule has 0 spiro atoms. The van der Waals surface area contributed by atoms with Crippen LogP contribution in [0.25, 0.3) is 0 Å². The van der Waals surface area contributed by atoms with Crippen molar-refractivity contribution in [3.8, 4) is 5.75 Å². The summed E-state index contributed by atoms with van der Waals surface area (Å²) in [5, 5.41) is 2.66. The van der Waals surface area contributed by atoms with Crippen LogP contribution in [0.2, 0.25) is 0 Å². The van der Waals surface area contributed by atoms with E-state index in [1.54, 1.807) is 24.3 Å². The second kappa shape index (κ2) is 9.47. The number of hydrogen-bond acceptors (Lipinski definition) is 4. The van der Waals surface area contributed by atoms with E-state index in [0.717, 1.165) is 17.5 Å². The lowest BCUT2D eigenvalue weighted by molar-refractivity contribution is -0.124. The van der Waals surface area contributed by atoms with Crippen molar-refractivity contribution in [2.45, 2.75) is 26.9 Å². The molecular weight excluding hydrogens is 318 g/mol. The van der Waals surface area contributed by atoms with Crippen molar-refractivity contribution in [3.63, 3.8) is 0 Å². The zero-order valence-corrected chi connectivity index (χ0v) is 14.6. The van der Waals surface area contributed by atoms with Crippen molar-refractivity contribution in [2.24, 2.45) is 0 Å². The first-order valence-corrected chi connectivity index (χ1v) is 8.31. The number of carbonyl (C=O) groups is 2. The highest BCUT2D eigenvalue weighted by molar-refractivity contribution is 5.93. The van der Waals surface area contributed by atoms with Gasteiger partial charge in [0.15, 0.2) is 6.61 Å². The van der Waals surface area contributed by atoms with E-state index in [1.165, 1.54) is 0 Å². The van der Waals surface area contributed by atoms with Gasteiger partial charge < -0.3 is 14.8 Å². The Morgan fingerprint density at radius 1 is 1.08 bits per heavy atom. The van der Waals surface area contributed by atoms with E-state index in [4.69, 9.17) is 9.47 Å². The molecule has 0 saturated carbocycles. The van der Waals surface area contributed by atoms with E-state index < -0.39 is 5.97 Å². The Morgan fingerprint density at radius 2 is 1.88 bits per heavy atom. The number of hydrogen-bond donors (Lipinski definition) is 1. The van der Waals surface area contributed by atoms with Crippen molar-refractivity contribution in [1.29, 1.82) is 0 Å². The number of esters is 1. The maximum absolute atomic E-state index is 12.2. The van der Waals surface area contributed by atoms with Gasteiger partial charge in [0.25, 0.3) is 5.91 Å². The summed E-state index contributed by atoms with van der Waals surface area (Å²) in [5.41, 5.74) is 2.47. The highest BCUT2D eigenvalue weighted by Gasteiger charge is 2.15. The summed E-state index contributed by atoms with van der Waals surface area (Å²) in [7, 11) is 0. The highest BCUT2D eigenvalue weighted by atomic mass is 16.5. The molecule has 0 aliphatic rings. The van der Waals surface area contributed by atoms with Gasteiger partial charge in [-0.2, -0.15) is 0 Å². The minimum Gasteiger partial charge on any atom is -0.488 e. The molecular formula is C20H23NO4. The molecule has 132 valence electrons. The van der Waals surface area contributed by atoms with Crippen LogP contribution in [-0.2, 0) is 16.1 Å². The summed E-state index contributed by atoms with van der Waals surface area (Å²) in [6.45, 7) is 4.58. The summed E-state index contributed by atoms with van der Waals surface area (Å²) >= 11 is 0. The predicted octanol–water partition coefficient (Wildman–Crippen LogP) is 3.26. The van der Waals surface area contributed by atoms with Crippen LogP contribution in [0.5, 0.6) is 5.75 Å². The van der Waals surface area contributed by atoms with Crippen LogP contribution >= 0.6 is 0 Å². The number of rotatable bonds is 8. The summed E-state index contributed by atoms with van der Waals surface area (Å²) in [4.78, 5) is 23.8. The molecule has 0 bridgehead atoms. The Balaban J connectivity index is 1.97. The minimum absolute atomic E-state index is 0.301. The second-order valence-electron chi connectivity index (χ2n) is 5.70. The molecule has 0 heterocycles. The molecule has 0 unspecified atom stereocenters. The molecule has 0 saturated heterocycles. The normalized spacial score (nSPS) is 10.2. The molecule has 2 aromatic carbocycles. The van der Waals surface area contributed by atoms with Crippen LogP contribution in [0, 0.1) is 6.92 Å². The van der Waals surface area contributed by atoms with Gasteiger partial charge in [-0.1, -0.05) is 48.9 Å². The first-order valence-electron chi connectivity index (χ1n) is 8.31. The molecule has 25 heavy (non-hydrogen) atoms. The van der Waals surface area contributed by atoms with Gasteiger partial charge in [-0.15, -0.1) is 0 Å². The second-order valence-corrected chi connectivity index (χ2v) is 5.70. The Bertz CT molecular complexity index is 727. The van der Waals surface area contributed by atoms with Gasteiger partial charge in [-0.3, -0.25) is 4.79 Å². The van der Waals surface area contributed by atoms with E-state index in [9.17, 15) is 9.59 Å². The molecule has 0 aliphatic carbocycles. The van der Waals surface area contributed by atoms with Crippen LogP contribution in [0.15, 0.2) is 48.5 Å². The topological polar surface area (TPSA) is 64.6 Å². The summed E-state index contributed by atoms with van der Waals surface area (Å²) in [5.74, 6) is -0.456. The lowest BCUT2D eigenvalue weighted by Crippen LogP contribution is -2.29. The number of nitrogens with one attached hydrogen (secondary N) is 1. The first kappa shape index (κ1) is 18.5. The molecule has 2 rings (SSSR count). The molecule has 1 N–H and O–H groups in total. The van der Waals surface area contributed by atoms with E-state index in [-0.39, 0.29) is 12.5 Å². The van der Waals surface area contributed by atoms with Gasteiger partial charge in [0, 0.05) is 6.54 Å². The number of ether oxygens (including phenoxy) is 2. The molecule has 2 aromatic rings. The van der Waals surface area contributed by atoms with Gasteiger partial charge in [-0.25, -0.2) is 4.79 Å². The van der Waals surface area contributed by atoms with Crippen LogP contribution in [0.1, 0.15) is 34.8 Å². The van der Waals surface area contributed by atoms with Crippen LogP contribution in [0.4, 0.5) is 0 Å². The maximum Gasteiger partial charge on any atom is 0.342 e. The van der Waals surface area contributed by atoms with E-state index >= 15 is 0 Å². The average molecular weight is 341 g/mol. The number of aryl methyl sites for hydroxylation is 1. The number of carbonyl (C=O) groups excluding carboxylic acids is 2. The lowest BCUT2D eigenvalue weighted by atomic mass is 10.1. The third kappa shape index (κ3) is 5.95. The number of benzene rings is 2. The van der Waals surface area contributed by atoms with Crippen molar-refractivity contribution >= 4 is 11.9 Å². The highest BCUT2D eigenvalue weighted by Crippen LogP contribution is 2.20. The van der Waals surface area contributed by atoms with E-state index in [2.05, 4.69) is 5.32 Å². The van der Waals surface area contributed by atoms with Crippen molar-refractivity contribution in [2.75, 3.05) is 13.2 Å². The molecule has 1 amide bonds. The maximum atomic E-state index is 12.2. The zero-order valence-electron chi connectivity index (χ0n) is 14.6. The third-order valence-corrected chi connectivity index (χ3v) is 3.49. The summed E-state index contributed by atoms with van der Waals surface area (Å²) in [6.07, 6.45) is 0.829. The van der Waals surface area contributed by atoms with E-state index in [1.807, 2.05) is 38.1 Å². The van der Waals surface area contributed by atoms with Crippen molar-refractivity contribution < 1.29 is 19.1 Å². The largest absolute Gasteiger partial charge is 0.488 e. The number of amides is 1. The molecule has 5 nitrogen and oxygen atoms in total. The van der Waals surface area contributed by atoms with Crippen molar-refractivity contribution in [1.82, 2.24) is 5.32 Å². The van der Waals surface area contributed by atoms with E-state index in [0.29, 0.717) is 24.5 Å². The SMILES string of the molecule is CCCNC(=O)COC(=O)c1ccccc1OCc1cccc(C)c1.